The van der Waals surface area contributed by atoms with Gasteiger partial charge < -0.3 is 10.1 Å². The highest BCUT2D eigenvalue weighted by molar-refractivity contribution is 6.31. The van der Waals surface area contributed by atoms with E-state index < -0.39 is 5.97 Å². The van der Waals surface area contributed by atoms with Crippen molar-refractivity contribution in [1.82, 2.24) is 0 Å². The van der Waals surface area contributed by atoms with Crippen molar-refractivity contribution in [2.24, 2.45) is 0 Å². The fourth-order valence-electron chi connectivity index (χ4n) is 1.45. The van der Waals surface area contributed by atoms with Crippen LogP contribution in [0.15, 0.2) is 18.2 Å². The molecule has 0 saturated heterocycles. The molecule has 1 rings (SSSR count). The van der Waals surface area contributed by atoms with E-state index in [-0.39, 0.29) is 11.5 Å². The van der Waals surface area contributed by atoms with Gasteiger partial charge in [-0.25, -0.2) is 4.79 Å². The van der Waals surface area contributed by atoms with Crippen LogP contribution in [0.5, 0.6) is 0 Å². The highest BCUT2D eigenvalue weighted by Crippen LogP contribution is 2.21. The van der Waals surface area contributed by atoms with Crippen molar-refractivity contribution >= 4 is 29.2 Å². The van der Waals surface area contributed by atoms with Gasteiger partial charge in [-0.05, 0) is 24.6 Å². The Hall–Kier alpha value is -1.55. The molecule has 1 aromatic rings. The molecular weight excluding hydrogens is 254 g/mol. The van der Waals surface area contributed by atoms with E-state index in [1.807, 2.05) is 6.92 Å². The van der Waals surface area contributed by atoms with Crippen molar-refractivity contribution in [3.05, 3.63) is 28.8 Å². The summed E-state index contributed by atoms with van der Waals surface area (Å²) in [5.74, 6) is -0.646. The molecule has 98 valence electrons. The third-order valence-corrected chi connectivity index (χ3v) is 2.65. The van der Waals surface area contributed by atoms with Crippen LogP contribution in [0, 0.1) is 0 Å². The number of esters is 1. The average Bonchev–Trinajstić information content (AvgIpc) is 2.37. The van der Waals surface area contributed by atoms with Gasteiger partial charge in [0.05, 0.1) is 18.4 Å². The Bertz CT molecular complexity index is 446. The van der Waals surface area contributed by atoms with Crippen LogP contribution in [-0.2, 0) is 9.53 Å². The zero-order valence-corrected chi connectivity index (χ0v) is 11.2. The lowest BCUT2D eigenvalue weighted by Crippen LogP contribution is -2.14. The number of unbranched alkanes of at least 4 members (excludes halogenated alkanes) is 1. The van der Waals surface area contributed by atoms with E-state index in [9.17, 15) is 9.59 Å². The number of rotatable bonds is 5. The quantitative estimate of drug-likeness (QED) is 0.835. The zero-order chi connectivity index (χ0) is 13.5. The summed E-state index contributed by atoms with van der Waals surface area (Å²) < 4.78 is 4.65. The summed E-state index contributed by atoms with van der Waals surface area (Å²) in [5, 5.41) is 3.11. The first-order chi connectivity index (χ1) is 8.58. The predicted octanol–water partition coefficient (Wildman–Crippen LogP) is 3.26. The van der Waals surface area contributed by atoms with Gasteiger partial charge in [0, 0.05) is 11.4 Å². The van der Waals surface area contributed by atoms with Crippen LogP contribution in [0.3, 0.4) is 0 Å². The number of hydrogen-bond donors (Lipinski definition) is 1. The number of amides is 1. The number of hydrogen-bond acceptors (Lipinski definition) is 3. The van der Waals surface area contributed by atoms with E-state index in [1.165, 1.54) is 13.2 Å². The molecule has 0 aromatic heterocycles. The Morgan fingerprint density at radius 3 is 2.72 bits per heavy atom. The highest BCUT2D eigenvalue weighted by atomic mass is 35.5. The third-order valence-electron chi connectivity index (χ3n) is 2.42. The molecule has 0 atom stereocenters. The molecule has 0 aliphatic heterocycles. The molecule has 4 nitrogen and oxygen atoms in total. The van der Waals surface area contributed by atoms with Gasteiger partial charge in [0.1, 0.15) is 0 Å². The van der Waals surface area contributed by atoms with Gasteiger partial charge in [0.15, 0.2) is 0 Å². The Balaban J connectivity index is 2.87. The third kappa shape index (κ3) is 4.04. The Kier molecular flexibility index (Phi) is 5.65. The predicted molar refractivity (Wildman–Crippen MR) is 70.9 cm³/mol. The number of methoxy groups -OCH3 is 1. The normalized spacial score (nSPS) is 9.94. The van der Waals surface area contributed by atoms with Crippen molar-refractivity contribution in [3.8, 4) is 0 Å². The second-order valence-corrected chi connectivity index (χ2v) is 4.27. The summed E-state index contributed by atoms with van der Waals surface area (Å²) in [6.07, 6.45) is 2.19. The molecule has 0 aliphatic rings. The Morgan fingerprint density at radius 2 is 2.11 bits per heavy atom. The maximum atomic E-state index is 11.6. The number of nitrogens with one attached hydrogen (secondary N) is 1. The number of carbonyl (C=O) groups excluding carboxylic acids is 2. The van der Waals surface area contributed by atoms with Crippen LogP contribution in [0.4, 0.5) is 5.69 Å². The summed E-state index contributed by atoms with van der Waals surface area (Å²) in [7, 11) is 1.28. The SMILES string of the molecule is CCCCC(=O)Nc1ccc(Cl)cc1C(=O)OC. The van der Waals surface area contributed by atoms with Crippen LogP contribution in [-0.4, -0.2) is 19.0 Å². The lowest BCUT2D eigenvalue weighted by Gasteiger charge is -2.10. The minimum Gasteiger partial charge on any atom is -0.465 e. The van der Waals surface area contributed by atoms with Gasteiger partial charge in [0.25, 0.3) is 0 Å². The van der Waals surface area contributed by atoms with Crippen LogP contribution in [0.2, 0.25) is 5.02 Å². The van der Waals surface area contributed by atoms with Crippen LogP contribution in [0.25, 0.3) is 0 Å². The molecule has 0 unspecified atom stereocenters. The topological polar surface area (TPSA) is 55.4 Å². The summed E-state index contributed by atoms with van der Waals surface area (Å²) in [6, 6.07) is 4.69. The number of carbonyl (C=O) groups is 2. The summed E-state index contributed by atoms with van der Waals surface area (Å²) in [5.41, 5.74) is 0.683. The van der Waals surface area contributed by atoms with E-state index in [0.717, 1.165) is 12.8 Å². The second-order valence-electron chi connectivity index (χ2n) is 3.83. The summed E-state index contributed by atoms with van der Waals surface area (Å²) in [4.78, 5) is 23.2. The number of anilines is 1. The standard InChI is InChI=1S/C13H16ClNO3/c1-3-4-5-12(16)15-11-7-6-9(14)8-10(11)13(17)18-2/h6-8H,3-5H2,1-2H3,(H,15,16). The molecule has 0 spiro atoms. The molecule has 0 bridgehead atoms. The molecule has 0 fully saturated rings. The molecule has 0 aliphatic carbocycles. The van der Waals surface area contributed by atoms with Crippen molar-refractivity contribution < 1.29 is 14.3 Å². The molecule has 5 heteroatoms. The van der Waals surface area contributed by atoms with E-state index in [0.29, 0.717) is 17.1 Å². The van der Waals surface area contributed by atoms with E-state index in [4.69, 9.17) is 11.6 Å². The number of benzene rings is 1. The monoisotopic (exact) mass is 269 g/mol. The van der Waals surface area contributed by atoms with Crippen molar-refractivity contribution in [2.75, 3.05) is 12.4 Å². The Labute approximate surface area is 111 Å². The second kappa shape index (κ2) is 7.01. The minimum absolute atomic E-state index is 0.121. The van der Waals surface area contributed by atoms with E-state index in [2.05, 4.69) is 10.1 Å². The molecule has 18 heavy (non-hydrogen) atoms. The van der Waals surface area contributed by atoms with Gasteiger partial charge >= 0.3 is 5.97 Å². The summed E-state index contributed by atoms with van der Waals surface area (Å²) >= 11 is 5.82. The molecule has 0 saturated carbocycles. The maximum Gasteiger partial charge on any atom is 0.340 e. The first kappa shape index (κ1) is 14.5. The molecular formula is C13H16ClNO3. The lowest BCUT2D eigenvalue weighted by atomic mass is 10.1. The van der Waals surface area contributed by atoms with Crippen molar-refractivity contribution in [1.29, 1.82) is 0 Å². The van der Waals surface area contributed by atoms with Crippen molar-refractivity contribution in [2.45, 2.75) is 26.2 Å². The Morgan fingerprint density at radius 1 is 1.39 bits per heavy atom. The van der Waals surface area contributed by atoms with Crippen LogP contribution >= 0.6 is 11.6 Å². The van der Waals surface area contributed by atoms with Gasteiger partial charge in [0.2, 0.25) is 5.91 Å². The largest absolute Gasteiger partial charge is 0.465 e. The fraction of sp³-hybridized carbons (Fsp3) is 0.385. The van der Waals surface area contributed by atoms with Gasteiger partial charge in [-0.2, -0.15) is 0 Å². The summed E-state index contributed by atoms with van der Waals surface area (Å²) in [6.45, 7) is 2.01. The van der Waals surface area contributed by atoms with Crippen molar-refractivity contribution in [3.63, 3.8) is 0 Å². The molecule has 0 radical (unpaired) electrons. The first-order valence-electron chi connectivity index (χ1n) is 5.76. The highest BCUT2D eigenvalue weighted by Gasteiger charge is 2.14. The van der Waals surface area contributed by atoms with Gasteiger partial charge in [-0.1, -0.05) is 24.9 Å². The molecule has 1 aromatic carbocycles. The van der Waals surface area contributed by atoms with Crippen LogP contribution in [0.1, 0.15) is 36.5 Å². The molecule has 0 heterocycles. The van der Waals surface area contributed by atoms with Crippen LogP contribution < -0.4 is 5.32 Å². The number of halogens is 1. The first-order valence-corrected chi connectivity index (χ1v) is 6.14. The molecule has 1 N–H and O–H groups in total. The average molecular weight is 270 g/mol. The lowest BCUT2D eigenvalue weighted by molar-refractivity contribution is -0.116. The minimum atomic E-state index is -0.525. The fourth-order valence-corrected chi connectivity index (χ4v) is 1.63. The van der Waals surface area contributed by atoms with Gasteiger partial charge in [-0.3, -0.25) is 4.79 Å². The smallest absolute Gasteiger partial charge is 0.340 e. The van der Waals surface area contributed by atoms with Gasteiger partial charge in [-0.15, -0.1) is 0 Å². The number of ether oxygens (including phenoxy) is 1. The molecule has 1 amide bonds. The van der Waals surface area contributed by atoms with E-state index >= 15 is 0 Å². The maximum absolute atomic E-state index is 11.6. The zero-order valence-electron chi connectivity index (χ0n) is 10.5. The van der Waals surface area contributed by atoms with E-state index in [1.54, 1.807) is 12.1 Å².